The first-order valence-electron chi connectivity index (χ1n) is 7.66. The lowest BCUT2D eigenvalue weighted by molar-refractivity contribution is -0.118. The second-order valence-corrected chi connectivity index (χ2v) is 7.07. The monoisotopic (exact) mass is 324 g/mol. The average Bonchev–Trinajstić information content (AvgIpc) is 2.75. The maximum atomic E-state index is 12.3. The Morgan fingerprint density at radius 1 is 1.36 bits per heavy atom. The van der Waals surface area contributed by atoms with Gasteiger partial charge in [0, 0.05) is 10.9 Å². The quantitative estimate of drug-likeness (QED) is 0.865. The van der Waals surface area contributed by atoms with Crippen LogP contribution in [-0.4, -0.2) is 43.0 Å². The van der Waals surface area contributed by atoms with Crippen LogP contribution in [0, 0.1) is 13.8 Å². The SMILES string of the molecule is COC(=O)c1c(NC(=O)CN2CCCCC2C)sc(C)c1C. The van der Waals surface area contributed by atoms with Crippen LogP contribution in [0.2, 0.25) is 0 Å². The van der Waals surface area contributed by atoms with Gasteiger partial charge in [-0.25, -0.2) is 4.79 Å². The van der Waals surface area contributed by atoms with Gasteiger partial charge in [0.15, 0.2) is 0 Å². The molecule has 1 atom stereocenters. The summed E-state index contributed by atoms with van der Waals surface area (Å²) in [6.45, 7) is 7.31. The molecular formula is C16H24N2O3S. The highest BCUT2D eigenvalue weighted by atomic mass is 32.1. The van der Waals surface area contributed by atoms with E-state index >= 15 is 0 Å². The Morgan fingerprint density at radius 2 is 2.09 bits per heavy atom. The standard InChI is InChI=1S/C16H24N2O3S/c1-10-7-5-6-8-18(10)9-13(19)17-15-14(16(20)21-4)11(2)12(3)22-15/h10H,5-9H2,1-4H3,(H,17,19). The molecule has 1 amide bonds. The zero-order valence-electron chi connectivity index (χ0n) is 13.7. The molecule has 1 aromatic rings. The van der Waals surface area contributed by atoms with Crippen molar-refractivity contribution in [1.82, 2.24) is 4.90 Å². The van der Waals surface area contributed by atoms with Gasteiger partial charge in [0.05, 0.1) is 19.2 Å². The summed E-state index contributed by atoms with van der Waals surface area (Å²) in [5.41, 5.74) is 1.35. The van der Waals surface area contributed by atoms with E-state index in [1.54, 1.807) is 0 Å². The van der Waals surface area contributed by atoms with Crippen molar-refractivity contribution in [3.05, 3.63) is 16.0 Å². The topological polar surface area (TPSA) is 58.6 Å². The van der Waals surface area contributed by atoms with Gasteiger partial charge in [-0.15, -0.1) is 11.3 Å². The van der Waals surface area contributed by atoms with Crippen molar-refractivity contribution in [3.63, 3.8) is 0 Å². The number of esters is 1. The number of nitrogens with one attached hydrogen (secondary N) is 1. The van der Waals surface area contributed by atoms with E-state index in [4.69, 9.17) is 4.74 Å². The number of ether oxygens (including phenoxy) is 1. The number of piperidine rings is 1. The molecular weight excluding hydrogens is 300 g/mol. The van der Waals surface area contributed by atoms with Gasteiger partial charge in [-0.1, -0.05) is 6.42 Å². The van der Waals surface area contributed by atoms with Gasteiger partial charge in [0.2, 0.25) is 5.91 Å². The summed E-state index contributed by atoms with van der Waals surface area (Å²) >= 11 is 1.42. The highest BCUT2D eigenvalue weighted by Crippen LogP contribution is 2.33. The third kappa shape index (κ3) is 3.67. The summed E-state index contributed by atoms with van der Waals surface area (Å²) in [5.74, 6) is -0.469. The fourth-order valence-electron chi connectivity index (χ4n) is 2.81. The van der Waals surface area contributed by atoms with Gasteiger partial charge in [-0.2, -0.15) is 0 Å². The molecule has 1 fully saturated rings. The second kappa shape index (κ2) is 7.24. The van der Waals surface area contributed by atoms with Crippen molar-refractivity contribution in [3.8, 4) is 0 Å². The number of thiophene rings is 1. The first kappa shape index (κ1) is 17.0. The molecule has 1 unspecified atom stereocenters. The Kier molecular flexibility index (Phi) is 5.58. The largest absolute Gasteiger partial charge is 0.465 e. The summed E-state index contributed by atoms with van der Waals surface area (Å²) in [6.07, 6.45) is 3.51. The second-order valence-electron chi connectivity index (χ2n) is 5.84. The van der Waals surface area contributed by atoms with Crippen molar-refractivity contribution in [2.24, 2.45) is 0 Å². The Labute approximate surface area is 135 Å². The zero-order valence-corrected chi connectivity index (χ0v) is 14.5. The third-order valence-corrected chi connectivity index (χ3v) is 5.44. The minimum absolute atomic E-state index is 0.0693. The lowest BCUT2D eigenvalue weighted by Gasteiger charge is -2.32. The normalized spacial score (nSPS) is 19.0. The fourth-order valence-corrected chi connectivity index (χ4v) is 3.87. The summed E-state index contributed by atoms with van der Waals surface area (Å²) in [6, 6.07) is 0.436. The summed E-state index contributed by atoms with van der Waals surface area (Å²) < 4.78 is 4.83. The number of likely N-dealkylation sites (tertiary alicyclic amines) is 1. The van der Waals surface area contributed by atoms with E-state index in [0.29, 0.717) is 23.2 Å². The zero-order chi connectivity index (χ0) is 16.3. The number of carbonyl (C=O) groups excluding carboxylic acids is 2. The van der Waals surface area contributed by atoms with Gasteiger partial charge in [-0.05, 0) is 45.7 Å². The Hall–Kier alpha value is -1.40. The van der Waals surface area contributed by atoms with Crippen molar-refractivity contribution >= 4 is 28.2 Å². The number of rotatable bonds is 4. The van der Waals surface area contributed by atoms with Crippen LogP contribution in [0.3, 0.4) is 0 Å². The number of hydrogen-bond acceptors (Lipinski definition) is 5. The number of aryl methyl sites for hydroxylation is 1. The van der Waals surface area contributed by atoms with E-state index < -0.39 is 5.97 Å². The van der Waals surface area contributed by atoms with Crippen molar-refractivity contribution in [2.45, 2.75) is 46.1 Å². The maximum absolute atomic E-state index is 12.3. The first-order chi connectivity index (χ1) is 10.4. The molecule has 0 aromatic carbocycles. The molecule has 0 aliphatic carbocycles. The molecule has 1 N–H and O–H groups in total. The van der Waals surface area contributed by atoms with Crippen molar-refractivity contribution in [1.29, 1.82) is 0 Å². The van der Waals surface area contributed by atoms with E-state index in [0.717, 1.165) is 29.8 Å². The molecule has 5 nitrogen and oxygen atoms in total. The molecule has 2 rings (SSSR count). The van der Waals surface area contributed by atoms with Gasteiger partial charge in [0.1, 0.15) is 5.00 Å². The highest BCUT2D eigenvalue weighted by molar-refractivity contribution is 7.16. The molecule has 122 valence electrons. The maximum Gasteiger partial charge on any atom is 0.341 e. The Bertz CT molecular complexity index is 568. The fraction of sp³-hybridized carbons (Fsp3) is 0.625. The van der Waals surface area contributed by atoms with Gasteiger partial charge >= 0.3 is 5.97 Å². The molecule has 0 saturated carbocycles. The van der Waals surface area contributed by atoms with Gasteiger partial charge in [-0.3, -0.25) is 9.69 Å². The van der Waals surface area contributed by atoms with Crippen LogP contribution in [0.15, 0.2) is 0 Å². The van der Waals surface area contributed by atoms with Crippen LogP contribution in [0.25, 0.3) is 0 Å². The molecule has 1 aliphatic rings. The predicted octanol–water partition coefficient (Wildman–Crippen LogP) is 2.96. The Balaban J connectivity index is 2.08. The number of nitrogens with zero attached hydrogens (tertiary/aromatic N) is 1. The van der Waals surface area contributed by atoms with E-state index in [2.05, 4.69) is 17.1 Å². The number of anilines is 1. The van der Waals surface area contributed by atoms with E-state index in [1.165, 1.54) is 24.9 Å². The predicted molar refractivity (Wildman–Crippen MR) is 88.6 cm³/mol. The molecule has 1 saturated heterocycles. The molecule has 6 heteroatoms. The molecule has 0 bridgehead atoms. The van der Waals surface area contributed by atoms with Gasteiger partial charge < -0.3 is 10.1 Å². The summed E-state index contributed by atoms with van der Waals surface area (Å²) in [5, 5.41) is 3.49. The number of carbonyl (C=O) groups is 2. The molecule has 0 radical (unpaired) electrons. The van der Waals surface area contributed by atoms with Crippen LogP contribution in [0.1, 0.15) is 47.0 Å². The smallest absolute Gasteiger partial charge is 0.341 e. The highest BCUT2D eigenvalue weighted by Gasteiger charge is 2.24. The number of methoxy groups -OCH3 is 1. The Morgan fingerprint density at radius 3 is 2.73 bits per heavy atom. The lowest BCUT2D eigenvalue weighted by Crippen LogP contribution is -2.42. The van der Waals surface area contributed by atoms with Crippen LogP contribution in [0.5, 0.6) is 0 Å². The van der Waals surface area contributed by atoms with Crippen LogP contribution >= 0.6 is 11.3 Å². The number of hydrogen-bond donors (Lipinski definition) is 1. The minimum Gasteiger partial charge on any atom is -0.465 e. The minimum atomic E-state index is -0.400. The molecule has 1 aliphatic heterocycles. The van der Waals surface area contributed by atoms with E-state index in [-0.39, 0.29) is 5.91 Å². The summed E-state index contributed by atoms with van der Waals surface area (Å²) in [7, 11) is 1.36. The molecule has 22 heavy (non-hydrogen) atoms. The van der Waals surface area contributed by atoms with E-state index in [1.807, 2.05) is 13.8 Å². The van der Waals surface area contributed by atoms with Crippen LogP contribution < -0.4 is 5.32 Å². The van der Waals surface area contributed by atoms with Crippen molar-refractivity contribution in [2.75, 3.05) is 25.5 Å². The average molecular weight is 324 g/mol. The van der Waals surface area contributed by atoms with Crippen LogP contribution in [-0.2, 0) is 9.53 Å². The van der Waals surface area contributed by atoms with E-state index in [9.17, 15) is 9.59 Å². The van der Waals surface area contributed by atoms with Crippen LogP contribution in [0.4, 0.5) is 5.00 Å². The summed E-state index contributed by atoms with van der Waals surface area (Å²) in [4.78, 5) is 27.4. The number of amides is 1. The lowest BCUT2D eigenvalue weighted by atomic mass is 10.0. The third-order valence-electron chi connectivity index (χ3n) is 4.32. The molecule has 2 heterocycles. The van der Waals surface area contributed by atoms with Crippen molar-refractivity contribution < 1.29 is 14.3 Å². The molecule has 0 spiro atoms. The first-order valence-corrected chi connectivity index (χ1v) is 8.48. The van der Waals surface area contributed by atoms with Gasteiger partial charge in [0.25, 0.3) is 0 Å². The molecule has 1 aromatic heterocycles.